The summed E-state index contributed by atoms with van der Waals surface area (Å²) in [6.45, 7) is 8.93. The first-order chi connectivity index (χ1) is 10.6. The van der Waals surface area contributed by atoms with Crippen LogP contribution >= 0.6 is 0 Å². The van der Waals surface area contributed by atoms with Crippen molar-refractivity contribution >= 4 is 0 Å². The van der Waals surface area contributed by atoms with E-state index in [1.165, 1.54) is 5.56 Å². The van der Waals surface area contributed by atoms with Crippen LogP contribution in [0.5, 0.6) is 11.5 Å². The fourth-order valence-electron chi connectivity index (χ4n) is 2.41. The zero-order valence-corrected chi connectivity index (χ0v) is 13.9. The number of ether oxygens (including phenoxy) is 1. The van der Waals surface area contributed by atoms with Crippen LogP contribution in [0.15, 0.2) is 54.6 Å². The van der Waals surface area contributed by atoms with E-state index in [9.17, 15) is 0 Å². The summed E-state index contributed by atoms with van der Waals surface area (Å²) >= 11 is 0. The molecule has 0 aliphatic heterocycles. The highest BCUT2D eigenvalue weighted by molar-refractivity contribution is 5.33. The summed E-state index contributed by atoms with van der Waals surface area (Å²) < 4.78 is 5.82. The Kier molecular flexibility index (Phi) is 6.47. The van der Waals surface area contributed by atoms with Crippen molar-refractivity contribution in [3.8, 4) is 11.5 Å². The predicted octanol–water partition coefficient (Wildman–Crippen LogP) is 4.90. The summed E-state index contributed by atoms with van der Waals surface area (Å²) in [4.78, 5) is 0. The molecule has 0 aliphatic carbocycles. The molecule has 2 aromatic carbocycles. The van der Waals surface area contributed by atoms with Crippen molar-refractivity contribution in [2.24, 2.45) is 11.8 Å². The first-order valence-electron chi connectivity index (χ1n) is 8.16. The number of para-hydroxylation sites is 1. The van der Waals surface area contributed by atoms with E-state index in [2.05, 4.69) is 50.4 Å². The molecule has 0 aromatic heterocycles. The van der Waals surface area contributed by atoms with Gasteiger partial charge in [-0.1, -0.05) is 51.1 Å². The van der Waals surface area contributed by atoms with Gasteiger partial charge in [-0.15, -0.1) is 0 Å². The lowest BCUT2D eigenvalue weighted by Gasteiger charge is -2.14. The minimum absolute atomic E-state index is 0.639. The van der Waals surface area contributed by atoms with Gasteiger partial charge in [0.05, 0.1) is 0 Å². The number of rotatable bonds is 8. The van der Waals surface area contributed by atoms with E-state index in [0.29, 0.717) is 11.8 Å². The second kappa shape index (κ2) is 8.60. The molecular weight excluding hydrogens is 270 g/mol. The van der Waals surface area contributed by atoms with Crippen LogP contribution in [0, 0.1) is 11.8 Å². The Morgan fingerprint density at radius 1 is 0.818 bits per heavy atom. The lowest BCUT2D eigenvalue weighted by Crippen LogP contribution is -2.26. The van der Waals surface area contributed by atoms with Crippen molar-refractivity contribution < 1.29 is 4.74 Å². The molecule has 0 saturated heterocycles. The van der Waals surface area contributed by atoms with E-state index in [1.54, 1.807) is 0 Å². The highest BCUT2D eigenvalue weighted by Crippen LogP contribution is 2.21. The van der Waals surface area contributed by atoms with Crippen molar-refractivity contribution in [3.63, 3.8) is 0 Å². The molecule has 1 atom stereocenters. The molecular formula is C20H27NO. The summed E-state index contributed by atoms with van der Waals surface area (Å²) in [6, 6.07) is 18.3. The molecule has 1 N–H and O–H groups in total. The molecule has 2 aromatic rings. The van der Waals surface area contributed by atoms with Crippen LogP contribution in [0.3, 0.4) is 0 Å². The van der Waals surface area contributed by atoms with E-state index in [0.717, 1.165) is 31.0 Å². The maximum Gasteiger partial charge on any atom is 0.127 e. The van der Waals surface area contributed by atoms with Gasteiger partial charge >= 0.3 is 0 Å². The molecule has 0 aliphatic rings. The van der Waals surface area contributed by atoms with Gasteiger partial charge in [0.1, 0.15) is 11.5 Å². The zero-order chi connectivity index (χ0) is 15.8. The van der Waals surface area contributed by atoms with E-state index >= 15 is 0 Å². The summed E-state index contributed by atoms with van der Waals surface area (Å²) in [5, 5.41) is 3.52. The van der Waals surface area contributed by atoms with Crippen molar-refractivity contribution in [3.05, 3.63) is 60.2 Å². The molecule has 0 saturated carbocycles. The van der Waals surface area contributed by atoms with Crippen LogP contribution in [-0.2, 0) is 6.42 Å². The van der Waals surface area contributed by atoms with Gasteiger partial charge in [-0.05, 0) is 61.2 Å². The SMILES string of the molecule is CC(C)CNCC(C)Cc1ccc(Oc2ccccc2)cc1. The topological polar surface area (TPSA) is 21.3 Å². The number of benzene rings is 2. The van der Waals surface area contributed by atoms with Gasteiger partial charge in [0.2, 0.25) is 0 Å². The van der Waals surface area contributed by atoms with Crippen LogP contribution in [0.2, 0.25) is 0 Å². The Labute approximate surface area is 134 Å². The third-order valence-corrected chi connectivity index (χ3v) is 3.53. The Hall–Kier alpha value is -1.80. The van der Waals surface area contributed by atoms with Crippen LogP contribution in [-0.4, -0.2) is 13.1 Å². The first-order valence-corrected chi connectivity index (χ1v) is 8.16. The molecule has 1 unspecified atom stereocenters. The van der Waals surface area contributed by atoms with E-state index in [4.69, 9.17) is 4.74 Å². The molecule has 0 amide bonds. The summed E-state index contributed by atoms with van der Waals surface area (Å²) in [7, 11) is 0. The smallest absolute Gasteiger partial charge is 0.127 e. The molecule has 0 fully saturated rings. The monoisotopic (exact) mass is 297 g/mol. The maximum atomic E-state index is 5.82. The summed E-state index contributed by atoms with van der Waals surface area (Å²) in [5.41, 5.74) is 1.36. The quantitative estimate of drug-likeness (QED) is 0.748. The third-order valence-electron chi connectivity index (χ3n) is 3.53. The first kappa shape index (κ1) is 16.6. The maximum absolute atomic E-state index is 5.82. The fraction of sp³-hybridized carbons (Fsp3) is 0.400. The Morgan fingerprint density at radius 2 is 1.45 bits per heavy atom. The van der Waals surface area contributed by atoms with Gasteiger partial charge in [0.25, 0.3) is 0 Å². The van der Waals surface area contributed by atoms with Gasteiger partial charge in [-0.2, -0.15) is 0 Å². The summed E-state index contributed by atoms with van der Waals surface area (Å²) in [6.07, 6.45) is 1.09. The molecule has 0 heterocycles. The number of hydrogen-bond donors (Lipinski definition) is 1. The predicted molar refractivity (Wildman–Crippen MR) is 93.5 cm³/mol. The molecule has 2 rings (SSSR count). The lowest BCUT2D eigenvalue weighted by molar-refractivity contribution is 0.471. The van der Waals surface area contributed by atoms with E-state index < -0.39 is 0 Å². The van der Waals surface area contributed by atoms with Crippen molar-refractivity contribution in [1.29, 1.82) is 0 Å². The Balaban J connectivity index is 1.81. The highest BCUT2D eigenvalue weighted by atomic mass is 16.5. The molecule has 0 bridgehead atoms. The summed E-state index contributed by atoms with van der Waals surface area (Å²) in [5.74, 6) is 3.11. The van der Waals surface area contributed by atoms with E-state index in [1.807, 2.05) is 30.3 Å². The molecule has 0 radical (unpaired) electrons. The lowest BCUT2D eigenvalue weighted by atomic mass is 10.0. The van der Waals surface area contributed by atoms with Gasteiger partial charge in [0, 0.05) is 0 Å². The van der Waals surface area contributed by atoms with Gasteiger partial charge < -0.3 is 10.1 Å². The molecule has 22 heavy (non-hydrogen) atoms. The number of hydrogen-bond acceptors (Lipinski definition) is 2. The number of nitrogens with one attached hydrogen (secondary N) is 1. The minimum atomic E-state index is 0.639. The van der Waals surface area contributed by atoms with Crippen LogP contribution < -0.4 is 10.1 Å². The molecule has 2 heteroatoms. The average Bonchev–Trinajstić information content (AvgIpc) is 2.50. The van der Waals surface area contributed by atoms with Crippen molar-refractivity contribution in [2.45, 2.75) is 27.2 Å². The Bertz CT molecular complexity index is 533. The minimum Gasteiger partial charge on any atom is -0.457 e. The van der Waals surface area contributed by atoms with Crippen molar-refractivity contribution in [2.75, 3.05) is 13.1 Å². The second-order valence-electron chi connectivity index (χ2n) is 6.42. The zero-order valence-electron chi connectivity index (χ0n) is 13.9. The standard InChI is InChI=1S/C20H27NO/c1-16(2)14-21-15-17(3)13-18-9-11-20(12-10-18)22-19-7-5-4-6-8-19/h4-12,16-17,21H,13-15H2,1-3H3. The largest absolute Gasteiger partial charge is 0.457 e. The Morgan fingerprint density at radius 3 is 2.09 bits per heavy atom. The van der Waals surface area contributed by atoms with Gasteiger partial charge in [-0.25, -0.2) is 0 Å². The molecule has 2 nitrogen and oxygen atoms in total. The molecule has 0 spiro atoms. The van der Waals surface area contributed by atoms with Gasteiger partial charge in [0.15, 0.2) is 0 Å². The highest BCUT2D eigenvalue weighted by Gasteiger charge is 2.05. The van der Waals surface area contributed by atoms with E-state index in [-0.39, 0.29) is 0 Å². The van der Waals surface area contributed by atoms with Crippen molar-refractivity contribution in [1.82, 2.24) is 5.32 Å². The van der Waals surface area contributed by atoms with Crippen LogP contribution in [0.25, 0.3) is 0 Å². The average molecular weight is 297 g/mol. The normalized spacial score (nSPS) is 12.4. The second-order valence-corrected chi connectivity index (χ2v) is 6.42. The third kappa shape index (κ3) is 5.90. The van der Waals surface area contributed by atoms with Gasteiger partial charge in [-0.3, -0.25) is 0 Å². The molecule has 118 valence electrons. The van der Waals surface area contributed by atoms with Crippen LogP contribution in [0.4, 0.5) is 0 Å². The van der Waals surface area contributed by atoms with Crippen LogP contribution in [0.1, 0.15) is 26.3 Å². The fourth-order valence-corrected chi connectivity index (χ4v) is 2.41.